The van der Waals surface area contributed by atoms with E-state index in [-0.39, 0.29) is 11.8 Å². The minimum absolute atomic E-state index is 0.184. The summed E-state index contributed by atoms with van der Waals surface area (Å²) in [6.45, 7) is 11.7. The molecule has 1 amide bonds. The number of piperidine rings is 1. The number of nitrogens with one attached hydrogen (secondary N) is 2. The van der Waals surface area contributed by atoms with Crippen LogP contribution in [-0.2, 0) is 4.79 Å². The maximum Gasteiger partial charge on any atom is 0.224 e. The Bertz CT molecular complexity index is 224. The monoisotopic (exact) mass is 240 g/mol. The molecule has 0 saturated carbocycles. The van der Waals surface area contributed by atoms with E-state index < -0.39 is 0 Å². The van der Waals surface area contributed by atoms with Gasteiger partial charge in [0, 0.05) is 13.1 Å². The molecule has 0 unspecified atom stereocenters. The summed E-state index contributed by atoms with van der Waals surface area (Å²) in [5.74, 6) is 2.25. The van der Waals surface area contributed by atoms with Gasteiger partial charge in [-0.25, -0.2) is 0 Å². The van der Waals surface area contributed by atoms with E-state index in [1.54, 1.807) is 0 Å². The molecule has 0 aromatic rings. The van der Waals surface area contributed by atoms with Crippen LogP contribution in [0.3, 0.4) is 0 Å². The van der Waals surface area contributed by atoms with Gasteiger partial charge < -0.3 is 10.6 Å². The molecule has 1 rings (SSSR count). The Morgan fingerprint density at radius 2 is 1.94 bits per heavy atom. The van der Waals surface area contributed by atoms with Gasteiger partial charge in [-0.3, -0.25) is 4.79 Å². The molecule has 0 bridgehead atoms. The molecule has 100 valence electrons. The van der Waals surface area contributed by atoms with Crippen molar-refractivity contribution < 1.29 is 4.79 Å². The van der Waals surface area contributed by atoms with Crippen LogP contribution in [0.4, 0.5) is 0 Å². The number of rotatable bonds is 5. The highest BCUT2D eigenvalue weighted by Crippen LogP contribution is 2.19. The Kier molecular flexibility index (Phi) is 5.96. The number of hydrogen-bond donors (Lipinski definition) is 2. The third-order valence-electron chi connectivity index (χ3n) is 3.89. The summed E-state index contributed by atoms with van der Waals surface area (Å²) < 4.78 is 0. The van der Waals surface area contributed by atoms with Crippen molar-refractivity contribution in [2.45, 2.75) is 40.5 Å². The first-order chi connectivity index (χ1) is 8.02. The predicted octanol–water partition coefficient (Wildman–Crippen LogP) is 2.03. The molecule has 1 aliphatic rings. The number of carbonyl (C=O) groups excluding carboxylic acids is 1. The Morgan fingerprint density at radius 3 is 2.41 bits per heavy atom. The van der Waals surface area contributed by atoms with E-state index in [0.717, 1.165) is 32.5 Å². The lowest BCUT2D eigenvalue weighted by atomic mass is 9.85. The molecule has 1 fully saturated rings. The Labute approximate surface area is 106 Å². The van der Waals surface area contributed by atoms with Crippen molar-refractivity contribution in [1.82, 2.24) is 10.6 Å². The van der Waals surface area contributed by atoms with Gasteiger partial charge in [0.25, 0.3) is 0 Å². The van der Waals surface area contributed by atoms with E-state index in [9.17, 15) is 4.79 Å². The first-order valence-corrected chi connectivity index (χ1v) is 7.00. The third-order valence-corrected chi connectivity index (χ3v) is 3.89. The Hall–Kier alpha value is -0.570. The molecule has 1 aliphatic heterocycles. The number of hydrogen-bond acceptors (Lipinski definition) is 2. The van der Waals surface area contributed by atoms with Gasteiger partial charge in [-0.2, -0.15) is 0 Å². The van der Waals surface area contributed by atoms with Crippen molar-refractivity contribution in [3.63, 3.8) is 0 Å². The zero-order valence-electron chi connectivity index (χ0n) is 11.8. The Balaban J connectivity index is 2.35. The molecule has 3 heteroatoms. The Morgan fingerprint density at radius 1 is 1.29 bits per heavy atom. The number of amides is 1. The van der Waals surface area contributed by atoms with Crippen LogP contribution in [0.15, 0.2) is 0 Å². The highest BCUT2D eigenvalue weighted by molar-refractivity contribution is 5.78. The quantitative estimate of drug-likeness (QED) is 0.772. The van der Waals surface area contributed by atoms with Gasteiger partial charge in [-0.1, -0.05) is 27.7 Å². The molecular weight excluding hydrogens is 212 g/mol. The summed E-state index contributed by atoms with van der Waals surface area (Å²) >= 11 is 0. The van der Waals surface area contributed by atoms with Gasteiger partial charge in [-0.15, -0.1) is 0 Å². The standard InChI is InChI=1S/C14H28N2O/c1-10(2)13(11(3)4)9-16-14(17)12-6-5-7-15-8-12/h10-13,15H,5-9H2,1-4H3,(H,16,17)/t12-/m0/s1. The maximum atomic E-state index is 12.0. The van der Waals surface area contributed by atoms with Gasteiger partial charge in [0.05, 0.1) is 5.92 Å². The lowest BCUT2D eigenvalue weighted by Crippen LogP contribution is -2.43. The van der Waals surface area contributed by atoms with Gasteiger partial charge in [0.15, 0.2) is 0 Å². The van der Waals surface area contributed by atoms with E-state index in [4.69, 9.17) is 0 Å². The highest BCUT2D eigenvalue weighted by atomic mass is 16.1. The van der Waals surface area contributed by atoms with Crippen LogP contribution < -0.4 is 10.6 Å². The zero-order chi connectivity index (χ0) is 12.8. The second-order valence-electron chi connectivity index (χ2n) is 5.94. The van der Waals surface area contributed by atoms with E-state index in [1.807, 2.05) is 0 Å². The molecule has 1 atom stereocenters. The summed E-state index contributed by atoms with van der Waals surface area (Å²) in [4.78, 5) is 12.0. The van der Waals surface area contributed by atoms with E-state index in [0.29, 0.717) is 17.8 Å². The first-order valence-electron chi connectivity index (χ1n) is 7.00. The van der Waals surface area contributed by atoms with Crippen LogP contribution in [0, 0.1) is 23.7 Å². The topological polar surface area (TPSA) is 41.1 Å². The fraction of sp³-hybridized carbons (Fsp3) is 0.929. The molecule has 0 spiro atoms. The minimum atomic E-state index is 0.184. The SMILES string of the molecule is CC(C)C(CNC(=O)[C@H]1CCCNC1)C(C)C. The molecule has 0 radical (unpaired) electrons. The van der Waals surface area contributed by atoms with Gasteiger partial charge in [0.1, 0.15) is 0 Å². The molecule has 17 heavy (non-hydrogen) atoms. The summed E-state index contributed by atoms with van der Waals surface area (Å²) in [6, 6.07) is 0. The van der Waals surface area contributed by atoms with Crippen molar-refractivity contribution in [1.29, 1.82) is 0 Å². The van der Waals surface area contributed by atoms with Crippen molar-refractivity contribution in [2.24, 2.45) is 23.7 Å². The second-order valence-corrected chi connectivity index (χ2v) is 5.94. The molecule has 3 nitrogen and oxygen atoms in total. The molecule has 1 heterocycles. The smallest absolute Gasteiger partial charge is 0.224 e. The highest BCUT2D eigenvalue weighted by Gasteiger charge is 2.23. The summed E-state index contributed by atoms with van der Waals surface area (Å²) in [5.41, 5.74) is 0. The lowest BCUT2D eigenvalue weighted by molar-refractivity contribution is -0.125. The summed E-state index contributed by atoms with van der Waals surface area (Å²) in [6.07, 6.45) is 2.16. The van der Waals surface area contributed by atoms with Crippen molar-refractivity contribution in [3.05, 3.63) is 0 Å². The third kappa shape index (κ3) is 4.66. The number of carbonyl (C=O) groups is 1. The maximum absolute atomic E-state index is 12.0. The van der Waals surface area contributed by atoms with Crippen LogP contribution in [-0.4, -0.2) is 25.5 Å². The van der Waals surface area contributed by atoms with Crippen LogP contribution >= 0.6 is 0 Å². The molecule has 1 saturated heterocycles. The average molecular weight is 240 g/mol. The van der Waals surface area contributed by atoms with Crippen LogP contribution in [0.5, 0.6) is 0 Å². The largest absolute Gasteiger partial charge is 0.356 e. The normalized spacial score (nSPS) is 21.2. The first kappa shape index (κ1) is 14.5. The fourth-order valence-corrected chi connectivity index (χ4v) is 2.68. The van der Waals surface area contributed by atoms with Crippen LogP contribution in [0.1, 0.15) is 40.5 Å². The van der Waals surface area contributed by atoms with E-state index in [1.165, 1.54) is 0 Å². The fourth-order valence-electron chi connectivity index (χ4n) is 2.68. The van der Waals surface area contributed by atoms with E-state index in [2.05, 4.69) is 38.3 Å². The predicted molar refractivity (Wildman–Crippen MR) is 71.8 cm³/mol. The average Bonchev–Trinajstić information content (AvgIpc) is 2.29. The van der Waals surface area contributed by atoms with Gasteiger partial charge in [0.2, 0.25) is 5.91 Å². The van der Waals surface area contributed by atoms with Crippen molar-refractivity contribution in [2.75, 3.05) is 19.6 Å². The molecule has 0 aliphatic carbocycles. The van der Waals surface area contributed by atoms with Crippen LogP contribution in [0.2, 0.25) is 0 Å². The summed E-state index contributed by atoms with van der Waals surface area (Å²) in [7, 11) is 0. The van der Waals surface area contributed by atoms with Crippen molar-refractivity contribution >= 4 is 5.91 Å². The van der Waals surface area contributed by atoms with Gasteiger partial charge in [-0.05, 0) is 37.1 Å². The minimum Gasteiger partial charge on any atom is -0.356 e. The van der Waals surface area contributed by atoms with Crippen molar-refractivity contribution in [3.8, 4) is 0 Å². The van der Waals surface area contributed by atoms with Gasteiger partial charge >= 0.3 is 0 Å². The zero-order valence-corrected chi connectivity index (χ0v) is 11.8. The molecule has 2 N–H and O–H groups in total. The molecule has 0 aromatic carbocycles. The second kappa shape index (κ2) is 7.00. The molecular formula is C14H28N2O. The lowest BCUT2D eigenvalue weighted by Gasteiger charge is -2.27. The molecule has 0 aromatic heterocycles. The van der Waals surface area contributed by atoms with Crippen LogP contribution in [0.25, 0.3) is 0 Å². The van der Waals surface area contributed by atoms with E-state index >= 15 is 0 Å². The summed E-state index contributed by atoms with van der Waals surface area (Å²) in [5, 5.41) is 6.42.